The molecule has 2 aromatic rings. The van der Waals surface area contributed by atoms with E-state index in [0.717, 1.165) is 18.3 Å². The molecular formula is C15H13ClF3N4O3+. The maximum Gasteiger partial charge on any atom is 0.419 e. The number of nitro benzene ring substituents is 1. The first-order valence-electron chi connectivity index (χ1n) is 7.23. The standard InChI is InChI=1S/C15H12ClF3N4O3/c16-12-7-10(15(17,18)19)8-22-13(12)20-4-5-21-14(24)9-2-1-3-11(6-9)23(25)26/h1-3,6-8H,4-5H2,(H,20,22)(H,21,24)/p+1. The lowest BCUT2D eigenvalue weighted by Crippen LogP contribution is -2.30. The SMILES string of the molecule is O=C(NCCNc1[nH+]cc(C(F)(F)F)cc1Cl)c1cccc([N+](=O)[O-])c1. The van der Waals surface area contributed by atoms with Crippen LogP contribution in [-0.4, -0.2) is 23.9 Å². The second-order valence-corrected chi connectivity index (χ2v) is 5.51. The van der Waals surface area contributed by atoms with Gasteiger partial charge in [-0.15, -0.1) is 0 Å². The molecule has 3 N–H and O–H groups in total. The minimum absolute atomic E-state index is 0.118. The number of aromatic amines is 1. The van der Waals surface area contributed by atoms with E-state index in [0.29, 0.717) is 0 Å². The molecule has 0 spiro atoms. The van der Waals surface area contributed by atoms with Crippen molar-refractivity contribution in [1.29, 1.82) is 0 Å². The molecule has 2 rings (SSSR count). The first kappa shape index (κ1) is 19.4. The molecule has 11 heteroatoms. The molecule has 7 nitrogen and oxygen atoms in total. The number of benzene rings is 1. The van der Waals surface area contributed by atoms with Gasteiger partial charge in [-0.2, -0.15) is 13.2 Å². The van der Waals surface area contributed by atoms with Crippen molar-refractivity contribution in [2.75, 3.05) is 18.4 Å². The van der Waals surface area contributed by atoms with Gasteiger partial charge in [0.05, 0.1) is 17.0 Å². The Kier molecular flexibility index (Phi) is 5.98. The monoisotopic (exact) mass is 389 g/mol. The average Bonchev–Trinajstić information content (AvgIpc) is 2.58. The van der Waals surface area contributed by atoms with Gasteiger partial charge >= 0.3 is 6.18 Å². The second-order valence-electron chi connectivity index (χ2n) is 5.10. The lowest BCUT2D eigenvalue weighted by molar-refractivity contribution is -0.384. The molecule has 26 heavy (non-hydrogen) atoms. The molecule has 0 radical (unpaired) electrons. The Balaban J connectivity index is 1.88. The van der Waals surface area contributed by atoms with E-state index in [9.17, 15) is 28.1 Å². The number of nitro groups is 1. The number of aromatic nitrogens is 1. The highest BCUT2D eigenvalue weighted by molar-refractivity contribution is 6.32. The third-order valence-electron chi connectivity index (χ3n) is 3.25. The number of carbonyl (C=O) groups is 1. The smallest absolute Gasteiger partial charge is 0.348 e. The number of H-pyrrole nitrogens is 1. The molecular weight excluding hydrogens is 377 g/mol. The number of nitrogens with zero attached hydrogens (tertiary/aromatic N) is 1. The van der Waals surface area contributed by atoms with Crippen LogP contribution < -0.4 is 15.6 Å². The predicted molar refractivity (Wildman–Crippen MR) is 86.9 cm³/mol. The van der Waals surface area contributed by atoms with Gasteiger partial charge in [0.15, 0.2) is 0 Å². The number of halogens is 4. The zero-order valence-corrected chi connectivity index (χ0v) is 13.8. The number of nitrogens with one attached hydrogen (secondary N) is 3. The summed E-state index contributed by atoms with van der Waals surface area (Å²) in [6, 6.07) is 6.00. The Labute approximate surface area is 150 Å². The fourth-order valence-corrected chi connectivity index (χ4v) is 2.23. The van der Waals surface area contributed by atoms with Crippen LogP contribution in [0.2, 0.25) is 5.02 Å². The highest BCUT2D eigenvalue weighted by atomic mass is 35.5. The van der Waals surface area contributed by atoms with Gasteiger partial charge in [-0.25, -0.2) is 4.98 Å². The molecule has 1 heterocycles. The van der Waals surface area contributed by atoms with Gasteiger partial charge in [-0.3, -0.25) is 20.2 Å². The van der Waals surface area contributed by atoms with Crippen molar-refractivity contribution in [3.05, 3.63) is 62.8 Å². The van der Waals surface area contributed by atoms with E-state index < -0.39 is 22.6 Å². The van der Waals surface area contributed by atoms with Gasteiger partial charge in [0.25, 0.3) is 17.4 Å². The van der Waals surface area contributed by atoms with Crippen LogP contribution >= 0.6 is 11.6 Å². The van der Waals surface area contributed by atoms with Gasteiger partial charge in [0, 0.05) is 17.7 Å². The Bertz CT molecular complexity index is 830. The van der Waals surface area contributed by atoms with Crippen molar-refractivity contribution < 1.29 is 27.9 Å². The van der Waals surface area contributed by atoms with E-state index in [-0.39, 0.29) is 35.2 Å². The lowest BCUT2D eigenvalue weighted by Gasteiger charge is -2.07. The summed E-state index contributed by atoms with van der Waals surface area (Å²) in [7, 11) is 0. The molecule has 0 aliphatic carbocycles. The van der Waals surface area contributed by atoms with Gasteiger partial charge in [-0.05, 0) is 12.1 Å². The summed E-state index contributed by atoms with van der Waals surface area (Å²) >= 11 is 5.77. The molecule has 1 amide bonds. The van der Waals surface area contributed by atoms with Crippen LogP contribution in [0, 0.1) is 10.1 Å². The van der Waals surface area contributed by atoms with Crippen LogP contribution in [-0.2, 0) is 6.18 Å². The normalized spacial score (nSPS) is 11.1. The third-order valence-corrected chi connectivity index (χ3v) is 3.55. The fourth-order valence-electron chi connectivity index (χ4n) is 1.99. The van der Waals surface area contributed by atoms with E-state index in [2.05, 4.69) is 15.6 Å². The molecule has 0 fully saturated rings. The minimum Gasteiger partial charge on any atom is -0.348 e. The van der Waals surface area contributed by atoms with Crippen LogP contribution in [0.4, 0.5) is 24.7 Å². The number of non-ortho nitro benzene ring substituents is 1. The molecule has 0 bridgehead atoms. The summed E-state index contributed by atoms with van der Waals surface area (Å²) in [5.74, 6) is -0.345. The average molecular weight is 390 g/mol. The van der Waals surface area contributed by atoms with Crippen molar-refractivity contribution >= 4 is 29.0 Å². The predicted octanol–water partition coefficient (Wildman–Crippen LogP) is 2.92. The maximum atomic E-state index is 12.5. The number of alkyl halides is 3. The van der Waals surface area contributed by atoms with Gasteiger partial charge in [-0.1, -0.05) is 17.7 Å². The Morgan fingerprint density at radius 3 is 2.62 bits per heavy atom. The first-order chi connectivity index (χ1) is 12.2. The summed E-state index contributed by atoms with van der Waals surface area (Å²) in [6.45, 7) is 0.287. The van der Waals surface area contributed by atoms with Gasteiger partial charge < -0.3 is 5.32 Å². The van der Waals surface area contributed by atoms with Crippen LogP contribution in [0.15, 0.2) is 36.5 Å². The van der Waals surface area contributed by atoms with Crippen LogP contribution in [0.5, 0.6) is 0 Å². The van der Waals surface area contributed by atoms with E-state index in [1.807, 2.05) is 0 Å². The number of pyridine rings is 1. The fraction of sp³-hybridized carbons (Fsp3) is 0.200. The number of anilines is 1. The zero-order chi connectivity index (χ0) is 19.3. The van der Waals surface area contributed by atoms with Gasteiger partial charge in [0.1, 0.15) is 17.8 Å². The maximum absolute atomic E-state index is 12.5. The highest BCUT2D eigenvalue weighted by Gasteiger charge is 2.32. The third kappa shape index (κ3) is 5.06. The molecule has 0 saturated heterocycles. The molecule has 0 atom stereocenters. The largest absolute Gasteiger partial charge is 0.419 e. The van der Waals surface area contributed by atoms with Gasteiger partial charge in [0.2, 0.25) is 0 Å². The molecule has 0 saturated carbocycles. The lowest BCUT2D eigenvalue weighted by atomic mass is 10.2. The highest BCUT2D eigenvalue weighted by Crippen LogP contribution is 2.30. The molecule has 1 aromatic carbocycles. The van der Waals surface area contributed by atoms with E-state index in [1.165, 1.54) is 18.2 Å². The van der Waals surface area contributed by atoms with E-state index >= 15 is 0 Å². The second kappa shape index (κ2) is 8.00. The van der Waals surface area contributed by atoms with Crippen molar-refractivity contribution in [3.63, 3.8) is 0 Å². The quantitative estimate of drug-likeness (QED) is 0.451. The van der Waals surface area contributed by atoms with Crippen molar-refractivity contribution in [1.82, 2.24) is 5.32 Å². The number of hydrogen-bond acceptors (Lipinski definition) is 4. The summed E-state index contributed by atoms with van der Waals surface area (Å²) in [5, 5.41) is 15.8. The minimum atomic E-state index is -4.51. The van der Waals surface area contributed by atoms with Crippen LogP contribution in [0.3, 0.4) is 0 Å². The van der Waals surface area contributed by atoms with Crippen LogP contribution in [0.1, 0.15) is 15.9 Å². The van der Waals surface area contributed by atoms with Crippen molar-refractivity contribution in [3.8, 4) is 0 Å². The molecule has 1 aromatic heterocycles. The molecule has 0 aliphatic rings. The van der Waals surface area contributed by atoms with Crippen LogP contribution in [0.25, 0.3) is 0 Å². The Hall–Kier alpha value is -2.88. The zero-order valence-electron chi connectivity index (χ0n) is 13.1. The summed E-state index contributed by atoms with van der Waals surface area (Å²) in [4.78, 5) is 24.4. The molecule has 138 valence electrons. The van der Waals surface area contributed by atoms with Crippen molar-refractivity contribution in [2.45, 2.75) is 6.18 Å². The molecule has 0 aliphatic heterocycles. The molecule has 0 unspecified atom stereocenters. The number of hydrogen-bond donors (Lipinski definition) is 2. The number of carbonyl (C=O) groups excluding carboxylic acids is 1. The topological polar surface area (TPSA) is 98.4 Å². The van der Waals surface area contributed by atoms with Crippen molar-refractivity contribution in [2.24, 2.45) is 0 Å². The summed E-state index contributed by atoms with van der Waals surface area (Å²) in [5.41, 5.74) is -0.993. The number of rotatable bonds is 6. The Morgan fingerprint density at radius 2 is 2.00 bits per heavy atom. The van der Waals surface area contributed by atoms with E-state index in [4.69, 9.17) is 11.6 Å². The van der Waals surface area contributed by atoms with E-state index in [1.54, 1.807) is 0 Å². The summed E-state index contributed by atoms with van der Waals surface area (Å²) in [6.07, 6.45) is -3.74. The number of amides is 1. The summed E-state index contributed by atoms with van der Waals surface area (Å²) < 4.78 is 37.6. The Morgan fingerprint density at radius 1 is 1.27 bits per heavy atom. The first-order valence-corrected chi connectivity index (χ1v) is 7.61.